The van der Waals surface area contributed by atoms with Gasteiger partial charge in [-0.25, -0.2) is 0 Å². The van der Waals surface area contributed by atoms with Gasteiger partial charge in [-0.1, -0.05) is 12.1 Å². The number of nitrogens with zero attached hydrogens (tertiary/aromatic N) is 1. The van der Waals surface area contributed by atoms with Gasteiger partial charge < -0.3 is 4.74 Å². The first kappa shape index (κ1) is 12.9. The van der Waals surface area contributed by atoms with E-state index in [4.69, 9.17) is 4.74 Å². The van der Waals surface area contributed by atoms with E-state index in [0.717, 1.165) is 24.2 Å². The van der Waals surface area contributed by atoms with Crippen molar-refractivity contribution in [2.75, 3.05) is 13.7 Å². The van der Waals surface area contributed by atoms with E-state index >= 15 is 0 Å². The molecule has 3 nitrogen and oxygen atoms in total. The summed E-state index contributed by atoms with van der Waals surface area (Å²) in [6.07, 6.45) is 2.23. The quantitative estimate of drug-likeness (QED) is 0.865. The van der Waals surface area contributed by atoms with Crippen molar-refractivity contribution in [1.82, 2.24) is 5.32 Å². The zero-order valence-electron chi connectivity index (χ0n) is 11.3. The summed E-state index contributed by atoms with van der Waals surface area (Å²) in [6, 6.07) is 8.42. The van der Waals surface area contributed by atoms with Gasteiger partial charge in [0, 0.05) is 0 Å². The minimum Gasteiger partial charge on any atom is -0.490 e. The summed E-state index contributed by atoms with van der Waals surface area (Å²) >= 11 is 0. The number of aryl methyl sites for hydroxylation is 1. The van der Waals surface area contributed by atoms with Crippen LogP contribution in [0, 0.1) is 31.1 Å². The molecule has 0 aromatic heterocycles. The first-order valence-corrected chi connectivity index (χ1v) is 6.42. The number of benzene rings is 1. The molecule has 3 heteroatoms. The molecule has 2 rings (SSSR count). The molecule has 0 saturated heterocycles. The normalized spacial score (nSPS) is 17.9. The fraction of sp³-hybridized carbons (Fsp3) is 0.533. The second-order valence-electron chi connectivity index (χ2n) is 5.09. The van der Waals surface area contributed by atoms with E-state index in [2.05, 4.69) is 31.3 Å². The first-order valence-electron chi connectivity index (χ1n) is 6.42. The molecule has 0 radical (unpaired) electrons. The number of nitrogens with one attached hydrogen (secondary N) is 1. The molecule has 96 valence electrons. The lowest BCUT2D eigenvalue weighted by Gasteiger charge is -2.26. The molecule has 1 saturated carbocycles. The lowest BCUT2D eigenvalue weighted by atomic mass is 9.96. The summed E-state index contributed by atoms with van der Waals surface area (Å²) in [5.74, 6) is 1.31. The number of hydrogen-bond acceptors (Lipinski definition) is 3. The Morgan fingerprint density at radius 1 is 1.44 bits per heavy atom. The molecule has 1 aromatic rings. The van der Waals surface area contributed by atoms with Gasteiger partial charge in [-0.15, -0.1) is 0 Å². The van der Waals surface area contributed by atoms with Crippen molar-refractivity contribution in [3.8, 4) is 11.8 Å². The van der Waals surface area contributed by atoms with Gasteiger partial charge in [-0.3, -0.25) is 5.32 Å². The molecule has 1 aliphatic carbocycles. The molecule has 1 aliphatic rings. The highest BCUT2D eigenvalue weighted by atomic mass is 16.5. The Balaban J connectivity index is 2.10. The highest BCUT2D eigenvalue weighted by molar-refractivity contribution is 5.38. The van der Waals surface area contributed by atoms with Gasteiger partial charge in [0.1, 0.15) is 17.9 Å². The smallest absolute Gasteiger partial charge is 0.143 e. The Morgan fingerprint density at radius 3 is 2.72 bits per heavy atom. The van der Waals surface area contributed by atoms with Crippen molar-refractivity contribution in [3.63, 3.8) is 0 Å². The first-order chi connectivity index (χ1) is 8.63. The standard InChI is InChI=1S/C15H20N2O/c1-11-5-4-6-14(12(11)2)18-10-15(9-16,17-3)13-7-8-13/h4-6,13,17H,7-8,10H2,1-3H3. The van der Waals surface area contributed by atoms with Crippen LogP contribution in [0.5, 0.6) is 5.75 Å². The number of hydrogen-bond donors (Lipinski definition) is 1. The Bertz CT molecular complexity index is 474. The van der Waals surface area contributed by atoms with Crippen molar-refractivity contribution in [2.24, 2.45) is 5.92 Å². The molecule has 0 spiro atoms. The van der Waals surface area contributed by atoms with Gasteiger partial charge in [-0.2, -0.15) is 5.26 Å². The van der Waals surface area contributed by atoms with Crippen LogP contribution in [0.25, 0.3) is 0 Å². The van der Waals surface area contributed by atoms with Crippen LogP contribution in [0.4, 0.5) is 0 Å². The molecule has 1 N–H and O–H groups in total. The molecule has 1 unspecified atom stereocenters. The maximum Gasteiger partial charge on any atom is 0.143 e. The number of rotatable bonds is 5. The van der Waals surface area contributed by atoms with Crippen LogP contribution in [-0.4, -0.2) is 19.2 Å². The Labute approximate surface area is 109 Å². The highest BCUT2D eigenvalue weighted by Gasteiger charge is 2.45. The predicted octanol–water partition coefficient (Wildman–Crippen LogP) is 2.57. The average Bonchev–Trinajstić information content (AvgIpc) is 3.21. The third-order valence-corrected chi connectivity index (χ3v) is 3.93. The van der Waals surface area contributed by atoms with Crippen molar-refractivity contribution < 1.29 is 4.74 Å². The van der Waals surface area contributed by atoms with E-state index in [1.165, 1.54) is 5.56 Å². The van der Waals surface area contributed by atoms with Crippen molar-refractivity contribution in [2.45, 2.75) is 32.2 Å². The van der Waals surface area contributed by atoms with E-state index in [-0.39, 0.29) is 0 Å². The predicted molar refractivity (Wildman–Crippen MR) is 71.5 cm³/mol. The second kappa shape index (κ2) is 4.99. The fourth-order valence-corrected chi connectivity index (χ4v) is 2.22. The van der Waals surface area contributed by atoms with Crippen LogP contribution in [-0.2, 0) is 0 Å². The average molecular weight is 244 g/mol. The maximum atomic E-state index is 9.40. The molecule has 1 atom stereocenters. The number of ether oxygens (including phenoxy) is 1. The van der Waals surface area contributed by atoms with Crippen LogP contribution < -0.4 is 10.1 Å². The summed E-state index contributed by atoms with van der Waals surface area (Å²) in [6.45, 7) is 4.53. The SMILES string of the molecule is CNC(C#N)(COc1cccc(C)c1C)C1CC1. The summed E-state index contributed by atoms with van der Waals surface area (Å²) in [7, 11) is 1.84. The van der Waals surface area contributed by atoms with Gasteiger partial charge in [0.15, 0.2) is 0 Å². The lowest BCUT2D eigenvalue weighted by molar-refractivity contribution is 0.209. The third-order valence-electron chi connectivity index (χ3n) is 3.93. The zero-order valence-corrected chi connectivity index (χ0v) is 11.3. The minimum absolute atomic E-state index is 0.412. The van der Waals surface area contributed by atoms with Crippen molar-refractivity contribution >= 4 is 0 Å². The monoisotopic (exact) mass is 244 g/mol. The van der Waals surface area contributed by atoms with E-state index < -0.39 is 5.54 Å². The molecule has 0 aliphatic heterocycles. The van der Waals surface area contributed by atoms with Crippen LogP contribution >= 0.6 is 0 Å². The van der Waals surface area contributed by atoms with Gasteiger partial charge in [0.25, 0.3) is 0 Å². The Kier molecular flexibility index (Phi) is 3.58. The highest BCUT2D eigenvalue weighted by Crippen LogP contribution is 2.39. The van der Waals surface area contributed by atoms with E-state index in [0.29, 0.717) is 12.5 Å². The maximum absolute atomic E-state index is 9.40. The summed E-state index contributed by atoms with van der Waals surface area (Å²) < 4.78 is 5.88. The van der Waals surface area contributed by atoms with Crippen LogP contribution in [0.1, 0.15) is 24.0 Å². The van der Waals surface area contributed by atoms with Gasteiger partial charge >= 0.3 is 0 Å². The molecular weight excluding hydrogens is 224 g/mol. The van der Waals surface area contributed by atoms with Gasteiger partial charge in [0.05, 0.1) is 6.07 Å². The number of likely N-dealkylation sites (N-methyl/N-ethyl adjacent to an activating group) is 1. The molecule has 18 heavy (non-hydrogen) atoms. The zero-order chi connectivity index (χ0) is 13.2. The summed E-state index contributed by atoms with van der Waals surface area (Å²) in [4.78, 5) is 0. The van der Waals surface area contributed by atoms with Crippen LogP contribution in [0.15, 0.2) is 18.2 Å². The van der Waals surface area contributed by atoms with E-state index in [1.807, 2.05) is 19.2 Å². The van der Waals surface area contributed by atoms with Crippen LogP contribution in [0.2, 0.25) is 0 Å². The van der Waals surface area contributed by atoms with Gasteiger partial charge in [-0.05, 0) is 56.8 Å². The molecule has 0 bridgehead atoms. The minimum atomic E-state index is -0.532. The Hall–Kier alpha value is -1.53. The molecule has 1 fully saturated rings. The third kappa shape index (κ3) is 2.34. The molecule has 0 heterocycles. The van der Waals surface area contributed by atoms with Crippen LogP contribution in [0.3, 0.4) is 0 Å². The summed E-state index contributed by atoms with van der Waals surface area (Å²) in [5.41, 5.74) is 1.83. The topological polar surface area (TPSA) is 45.0 Å². The van der Waals surface area contributed by atoms with Gasteiger partial charge in [0.2, 0.25) is 0 Å². The fourth-order valence-electron chi connectivity index (χ4n) is 2.22. The lowest BCUT2D eigenvalue weighted by Crippen LogP contribution is -2.49. The largest absolute Gasteiger partial charge is 0.490 e. The van der Waals surface area contributed by atoms with Crippen molar-refractivity contribution in [3.05, 3.63) is 29.3 Å². The van der Waals surface area contributed by atoms with E-state index in [1.54, 1.807) is 0 Å². The van der Waals surface area contributed by atoms with E-state index in [9.17, 15) is 5.26 Å². The molecule has 1 aromatic carbocycles. The molecule has 0 amide bonds. The second-order valence-corrected chi connectivity index (χ2v) is 5.09. The van der Waals surface area contributed by atoms with Crippen molar-refractivity contribution in [1.29, 1.82) is 5.26 Å². The Morgan fingerprint density at radius 2 is 2.17 bits per heavy atom. The summed E-state index contributed by atoms with van der Waals surface area (Å²) in [5, 5.41) is 12.5. The number of nitriles is 1. The molecular formula is C15H20N2O.